The monoisotopic (exact) mass is 343 g/mol. The number of unbranched alkanes of at least 4 members (excludes halogenated alkanes) is 7. The third kappa shape index (κ3) is 7.88. The van der Waals surface area contributed by atoms with Gasteiger partial charge in [-0.15, -0.1) is 11.8 Å². The first kappa shape index (κ1) is 16.9. The first-order valence-corrected chi connectivity index (χ1v) is 9.19. The molecule has 0 atom stereocenters. The Kier molecular flexibility index (Phi) is 9.44. The molecule has 0 aliphatic rings. The molecule has 2 N–H and O–H groups in total. The highest BCUT2D eigenvalue weighted by molar-refractivity contribution is 9.10. The van der Waals surface area contributed by atoms with Crippen LogP contribution in [0.4, 0.5) is 5.69 Å². The van der Waals surface area contributed by atoms with Crippen LogP contribution in [-0.2, 0) is 0 Å². The fraction of sp³-hybridized carbons (Fsp3) is 0.625. The van der Waals surface area contributed by atoms with Crippen LogP contribution in [0.15, 0.2) is 27.6 Å². The summed E-state index contributed by atoms with van der Waals surface area (Å²) < 4.78 is 1.11. The number of benzene rings is 1. The van der Waals surface area contributed by atoms with Crippen molar-refractivity contribution < 1.29 is 0 Å². The molecule has 0 aromatic heterocycles. The second-order valence-electron chi connectivity index (χ2n) is 5.01. The van der Waals surface area contributed by atoms with Gasteiger partial charge in [0.25, 0.3) is 0 Å². The molecule has 0 saturated heterocycles. The van der Waals surface area contributed by atoms with Gasteiger partial charge in [-0.1, -0.05) is 67.8 Å². The molecule has 1 rings (SSSR count). The van der Waals surface area contributed by atoms with Crippen LogP contribution in [0.5, 0.6) is 0 Å². The molecule has 1 nitrogen and oxygen atoms in total. The van der Waals surface area contributed by atoms with Crippen LogP contribution in [0.1, 0.15) is 58.3 Å². The number of thioether (sulfide) groups is 1. The van der Waals surface area contributed by atoms with E-state index in [1.807, 2.05) is 23.9 Å². The Balaban J connectivity index is 2.03. The number of rotatable bonds is 10. The smallest absolute Gasteiger partial charge is 0.0453 e. The van der Waals surface area contributed by atoms with Crippen molar-refractivity contribution in [2.45, 2.75) is 63.2 Å². The summed E-state index contributed by atoms with van der Waals surface area (Å²) in [6, 6.07) is 6.08. The van der Waals surface area contributed by atoms with E-state index < -0.39 is 0 Å². The number of hydrogen-bond donors (Lipinski definition) is 1. The predicted octanol–water partition coefficient (Wildman–Crippen LogP) is 6.26. The molecule has 0 bridgehead atoms. The minimum atomic E-state index is 0.896. The topological polar surface area (TPSA) is 26.0 Å². The number of nitrogens with two attached hydrogens (primary N) is 1. The molecular weight excluding hydrogens is 318 g/mol. The molecule has 0 radical (unpaired) electrons. The molecule has 0 aliphatic carbocycles. The Hall–Kier alpha value is -0.150. The van der Waals surface area contributed by atoms with Gasteiger partial charge in [0, 0.05) is 15.1 Å². The van der Waals surface area contributed by atoms with E-state index in [1.54, 1.807) is 0 Å². The molecule has 0 unspecified atom stereocenters. The summed E-state index contributed by atoms with van der Waals surface area (Å²) in [4.78, 5) is 1.21. The maximum absolute atomic E-state index is 5.96. The Labute approximate surface area is 130 Å². The van der Waals surface area contributed by atoms with Crippen LogP contribution in [-0.4, -0.2) is 5.75 Å². The highest BCUT2D eigenvalue weighted by Crippen LogP contribution is 2.29. The molecule has 0 amide bonds. The fourth-order valence-electron chi connectivity index (χ4n) is 2.05. The minimum Gasteiger partial charge on any atom is -0.398 e. The standard InChI is InChI=1S/C16H26BrNS/c1-2-3-4-5-6-7-8-9-12-19-16-13-14(17)10-11-15(16)18/h10-11,13H,2-9,12,18H2,1H3. The molecule has 0 spiro atoms. The molecule has 108 valence electrons. The van der Waals surface area contributed by atoms with Gasteiger partial charge in [-0.05, 0) is 30.4 Å². The Morgan fingerprint density at radius 1 is 1.00 bits per heavy atom. The van der Waals surface area contributed by atoms with E-state index in [-0.39, 0.29) is 0 Å². The first-order chi connectivity index (χ1) is 9.24. The summed E-state index contributed by atoms with van der Waals surface area (Å²) in [5.41, 5.74) is 6.85. The van der Waals surface area contributed by atoms with Crippen molar-refractivity contribution in [3.05, 3.63) is 22.7 Å². The zero-order valence-corrected chi connectivity index (χ0v) is 14.4. The lowest BCUT2D eigenvalue weighted by molar-refractivity contribution is 0.586. The van der Waals surface area contributed by atoms with E-state index in [4.69, 9.17) is 5.73 Å². The molecule has 19 heavy (non-hydrogen) atoms. The Bertz CT molecular complexity index is 355. The van der Waals surface area contributed by atoms with Crippen molar-refractivity contribution in [2.75, 3.05) is 11.5 Å². The van der Waals surface area contributed by atoms with Gasteiger partial charge in [0.1, 0.15) is 0 Å². The zero-order chi connectivity index (χ0) is 13.9. The fourth-order valence-corrected chi connectivity index (χ4v) is 3.58. The number of halogens is 1. The third-order valence-corrected chi connectivity index (χ3v) is 4.88. The van der Waals surface area contributed by atoms with Gasteiger partial charge in [-0.25, -0.2) is 0 Å². The maximum atomic E-state index is 5.96. The number of hydrogen-bond acceptors (Lipinski definition) is 2. The second-order valence-corrected chi connectivity index (χ2v) is 7.06. The van der Waals surface area contributed by atoms with Crippen LogP contribution in [0.2, 0.25) is 0 Å². The lowest BCUT2D eigenvalue weighted by Crippen LogP contribution is -1.89. The van der Waals surface area contributed by atoms with E-state index in [1.165, 1.54) is 62.0 Å². The quantitative estimate of drug-likeness (QED) is 0.308. The minimum absolute atomic E-state index is 0.896. The van der Waals surface area contributed by atoms with Gasteiger partial charge in [0.2, 0.25) is 0 Å². The Morgan fingerprint density at radius 2 is 1.63 bits per heavy atom. The van der Waals surface area contributed by atoms with Gasteiger partial charge in [0.05, 0.1) is 0 Å². The van der Waals surface area contributed by atoms with Crippen molar-refractivity contribution in [3.63, 3.8) is 0 Å². The molecule has 0 heterocycles. The van der Waals surface area contributed by atoms with Gasteiger partial charge < -0.3 is 5.73 Å². The SMILES string of the molecule is CCCCCCCCCCSc1cc(Br)ccc1N. The van der Waals surface area contributed by atoms with Gasteiger partial charge in [-0.2, -0.15) is 0 Å². The predicted molar refractivity (Wildman–Crippen MR) is 91.9 cm³/mol. The molecule has 1 aromatic rings. The summed E-state index contributed by atoms with van der Waals surface area (Å²) in [7, 11) is 0. The van der Waals surface area contributed by atoms with Crippen molar-refractivity contribution in [2.24, 2.45) is 0 Å². The van der Waals surface area contributed by atoms with E-state index in [0.717, 1.165) is 10.2 Å². The van der Waals surface area contributed by atoms with E-state index in [0.29, 0.717) is 0 Å². The largest absolute Gasteiger partial charge is 0.398 e. The summed E-state index contributed by atoms with van der Waals surface area (Å²) >= 11 is 5.37. The van der Waals surface area contributed by atoms with Crippen LogP contribution in [0.3, 0.4) is 0 Å². The van der Waals surface area contributed by atoms with Crippen LogP contribution < -0.4 is 5.73 Å². The van der Waals surface area contributed by atoms with E-state index in [9.17, 15) is 0 Å². The van der Waals surface area contributed by atoms with Gasteiger partial charge >= 0.3 is 0 Å². The summed E-state index contributed by atoms with van der Waals surface area (Å²) in [6.07, 6.45) is 11.0. The van der Waals surface area contributed by atoms with Crippen molar-refractivity contribution in [3.8, 4) is 0 Å². The van der Waals surface area contributed by atoms with Crippen LogP contribution in [0, 0.1) is 0 Å². The van der Waals surface area contributed by atoms with Crippen molar-refractivity contribution >= 4 is 33.4 Å². The summed E-state index contributed by atoms with van der Waals surface area (Å²) in [5, 5.41) is 0. The lowest BCUT2D eigenvalue weighted by atomic mass is 10.1. The summed E-state index contributed by atoms with van der Waals surface area (Å²) in [6.45, 7) is 2.27. The average molecular weight is 344 g/mol. The molecular formula is C16H26BrNS. The first-order valence-electron chi connectivity index (χ1n) is 7.42. The second kappa shape index (κ2) is 10.6. The highest BCUT2D eigenvalue weighted by Gasteiger charge is 2.00. The molecule has 0 saturated carbocycles. The molecule has 3 heteroatoms. The van der Waals surface area contributed by atoms with E-state index in [2.05, 4.69) is 28.9 Å². The zero-order valence-electron chi connectivity index (χ0n) is 12.0. The third-order valence-electron chi connectivity index (χ3n) is 3.23. The maximum Gasteiger partial charge on any atom is 0.0453 e. The Morgan fingerprint density at radius 3 is 2.32 bits per heavy atom. The van der Waals surface area contributed by atoms with Crippen LogP contribution >= 0.6 is 27.7 Å². The normalized spacial score (nSPS) is 10.8. The van der Waals surface area contributed by atoms with Crippen molar-refractivity contribution in [1.82, 2.24) is 0 Å². The molecule has 0 aliphatic heterocycles. The summed E-state index contributed by atoms with van der Waals surface area (Å²) in [5.74, 6) is 1.18. The lowest BCUT2D eigenvalue weighted by Gasteiger charge is -2.06. The van der Waals surface area contributed by atoms with E-state index >= 15 is 0 Å². The average Bonchev–Trinajstić information content (AvgIpc) is 2.40. The molecule has 0 fully saturated rings. The van der Waals surface area contributed by atoms with Crippen LogP contribution in [0.25, 0.3) is 0 Å². The van der Waals surface area contributed by atoms with Crippen molar-refractivity contribution in [1.29, 1.82) is 0 Å². The number of anilines is 1. The van der Waals surface area contributed by atoms with Gasteiger partial charge in [0.15, 0.2) is 0 Å². The van der Waals surface area contributed by atoms with Gasteiger partial charge in [-0.3, -0.25) is 0 Å². The highest BCUT2D eigenvalue weighted by atomic mass is 79.9. The number of nitrogen functional groups attached to an aromatic ring is 1. The molecule has 1 aromatic carbocycles.